The van der Waals surface area contributed by atoms with Crippen LogP contribution in [0.2, 0.25) is 0 Å². The molecule has 0 bridgehead atoms. The molecule has 238 valence electrons. The number of likely N-dealkylation sites (tertiary alicyclic amines) is 2. The van der Waals surface area contributed by atoms with E-state index in [4.69, 9.17) is 4.74 Å². The van der Waals surface area contributed by atoms with Crippen LogP contribution >= 0.6 is 0 Å². The van der Waals surface area contributed by atoms with Gasteiger partial charge in [-0.05, 0) is 70.5 Å². The van der Waals surface area contributed by atoms with E-state index in [0.717, 1.165) is 37.8 Å². The van der Waals surface area contributed by atoms with Gasteiger partial charge in [0.05, 0.1) is 12.1 Å². The van der Waals surface area contributed by atoms with Crippen molar-refractivity contribution in [2.45, 2.75) is 104 Å². The fraction of sp³-hybridized carbons (Fsp3) is 0.647. The van der Waals surface area contributed by atoms with Crippen molar-refractivity contribution in [3.8, 4) is 0 Å². The summed E-state index contributed by atoms with van der Waals surface area (Å²) in [5.41, 5.74) is 1.38. The second kappa shape index (κ2) is 15.5. The molecule has 3 amide bonds. The SMILES string of the molecule is C/C(=C\[C@H](C(C)C)N(C)C(=O)[C@@H](NC(=O)C1CCCCN1C)C(C)C)C(=O)N1CCC[C@H]1C(=O)O[C@H](C)c1ccccc1. The minimum atomic E-state index is -0.678. The highest BCUT2D eigenvalue weighted by atomic mass is 16.5. The maximum absolute atomic E-state index is 13.8. The summed E-state index contributed by atoms with van der Waals surface area (Å²) >= 11 is 0. The van der Waals surface area contributed by atoms with E-state index in [9.17, 15) is 19.2 Å². The maximum atomic E-state index is 13.8. The molecule has 2 aliphatic heterocycles. The number of nitrogens with zero attached hydrogens (tertiary/aromatic N) is 3. The predicted octanol–water partition coefficient (Wildman–Crippen LogP) is 4.34. The lowest BCUT2D eigenvalue weighted by Crippen LogP contribution is -2.57. The van der Waals surface area contributed by atoms with Gasteiger partial charge in [0.15, 0.2) is 0 Å². The van der Waals surface area contributed by atoms with Gasteiger partial charge in [0.2, 0.25) is 17.7 Å². The van der Waals surface area contributed by atoms with Crippen molar-refractivity contribution >= 4 is 23.7 Å². The average molecular weight is 597 g/mol. The highest BCUT2D eigenvalue weighted by molar-refractivity contribution is 5.96. The van der Waals surface area contributed by atoms with Crippen molar-refractivity contribution in [3.63, 3.8) is 0 Å². The molecule has 9 nitrogen and oxygen atoms in total. The smallest absolute Gasteiger partial charge is 0.329 e. The molecule has 43 heavy (non-hydrogen) atoms. The number of benzene rings is 1. The summed E-state index contributed by atoms with van der Waals surface area (Å²) in [7, 11) is 3.69. The van der Waals surface area contributed by atoms with Crippen LogP contribution < -0.4 is 5.32 Å². The minimum absolute atomic E-state index is 0.00996. The van der Waals surface area contributed by atoms with E-state index in [1.807, 2.05) is 78.1 Å². The molecule has 1 N–H and O–H groups in total. The molecule has 3 rings (SSSR count). The Morgan fingerprint density at radius 2 is 1.58 bits per heavy atom. The van der Waals surface area contributed by atoms with Gasteiger partial charge in [0.1, 0.15) is 18.2 Å². The third-order valence-electron chi connectivity index (χ3n) is 8.89. The molecule has 0 radical (unpaired) electrons. The number of carbonyl (C=O) groups is 4. The van der Waals surface area contributed by atoms with E-state index < -0.39 is 24.2 Å². The van der Waals surface area contributed by atoms with Crippen LogP contribution in [0.15, 0.2) is 42.0 Å². The fourth-order valence-electron chi connectivity index (χ4n) is 6.14. The van der Waals surface area contributed by atoms with Crippen molar-refractivity contribution in [1.82, 2.24) is 20.0 Å². The number of ether oxygens (including phenoxy) is 1. The molecule has 2 fully saturated rings. The van der Waals surface area contributed by atoms with E-state index in [0.29, 0.717) is 18.5 Å². The highest BCUT2D eigenvalue weighted by Crippen LogP contribution is 2.26. The lowest BCUT2D eigenvalue weighted by Gasteiger charge is -2.36. The number of amides is 3. The molecule has 0 spiro atoms. The number of rotatable bonds is 11. The van der Waals surface area contributed by atoms with Gasteiger partial charge in [-0.1, -0.05) is 70.5 Å². The van der Waals surface area contributed by atoms with Gasteiger partial charge in [-0.2, -0.15) is 0 Å². The number of nitrogens with one attached hydrogen (secondary N) is 1. The molecule has 5 atom stereocenters. The van der Waals surface area contributed by atoms with Crippen LogP contribution in [0.25, 0.3) is 0 Å². The van der Waals surface area contributed by atoms with E-state index in [2.05, 4.69) is 10.2 Å². The zero-order valence-electron chi connectivity index (χ0n) is 27.3. The number of carbonyl (C=O) groups excluding carboxylic acids is 4. The van der Waals surface area contributed by atoms with Crippen molar-refractivity contribution in [1.29, 1.82) is 0 Å². The van der Waals surface area contributed by atoms with Gasteiger partial charge >= 0.3 is 5.97 Å². The van der Waals surface area contributed by atoms with Crippen LogP contribution in [0.5, 0.6) is 0 Å². The van der Waals surface area contributed by atoms with Crippen molar-refractivity contribution < 1.29 is 23.9 Å². The first-order valence-electron chi connectivity index (χ1n) is 15.9. The zero-order chi connectivity index (χ0) is 31.8. The van der Waals surface area contributed by atoms with Crippen molar-refractivity contribution in [2.75, 3.05) is 27.2 Å². The molecule has 2 aliphatic rings. The van der Waals surface area contributed by atoms with Gasteiger partial charge in [-0.15, -0.1) is 0 Å². The maximum Gasteiger partial charge on any atom is 0.329 e. The van der Waals surface area contributed by atoms with Gasteiger partial charge in [-0.3, -0.25) is 19.3 Å². The molecule has 1 unspecified atom stereocenters. The monoisotopic (exact) mass is 596 g/mol. The predicted molar refractivity (Wildman–Crippen MR) is 168 cm³/mol. The number of likely N-dealkylation sites (N-methyl/N-ethyl adjacent to an activating group) is 2. The Morgan fingerprint density at radius 3 is 2.19 bits per heavy atom. The molecular formula is C34H52N4O5. The summed E-state index contributed by atoms with van der Waals surface area (Å²) < 4.78 is 5.76. The Balaban J connectivity index is 1.72. The highest BCUT2D eigenvalue weighted by Gasteiger charge is 2.38. The third kappa shape index (κ3) is 8.68. The largest absolute Gasteiger partial charge is 0.456 e. The number of esters is 1. The molecule has 0 saturated carbocycles. The summed E-state index contributed by atoms with van der Waals surface area (Å²) in [6.07, 6.45) is 5.53. The molecule has 0 aromatic heterocycles. The van der Waals surface area contributed by atoms with Gasteiger partial charge in [-0.25, -0.2) is 4.79 Å². The molecule has 2 heterocycles. The Bertz CT molecular complexity index is 1150. The Hall–Kier alpha value is -3.20. The third-order valence-corrected chi connectivity index (χ3v) is 8.89. The second-order valence-electron chi connectivity index (χ2n) is 12.9. The molecule has 9 heteroatoms. The summed E-state index contributed by atoms with van der Waals surface area (Å²) in [5.74, 6) is -1.03. The normalized spacial score (nSPS) is 21.8. The molecule has 1 aromatic carbocycles. The first-order chi connectivity index (χ1) is 20.3. The Kier molecular flexibility index (Phi) is 12.4. The lowest BCUT2D eigenvalue weighted by molar-refractivity contribution is -0.156. The van der Waals surface area contributed by atoms with E-state index in [-0.39, 0.29) is 41.6 Å². The first-order valence-corrected chi connectivity index (χ1v) is 15.9. The van der Waals surface area contributed by atoms with Crippen LogP contribution in [-0.4, -0.2) is 89.7 Å². The molecule has 2 saturated heterocycles. The zero-order valence-corrected chi connectivity index (χ0v) is 27.3. The van der Waals surface area contributed by atoms with Crippen molar-refractivity contribution in [3.05, 3.63) is 47.5 Å². The number of hydrogen-bond acceptors (Lipinski definition) is 6. The molecular weight excluding hydrogens is 544 g/mol. The van der Waals surface area contributed by atoms with E-state index >= 15 is 0 Å². The quantitative estimate of drug-likeness (QED) is 0.302. The topological polar surface area (TPSA) is 99.3 Å². The van der Waals surface area contributed by atoms with E-state index in [1.54, 1.807) is 23.8 Å². The van der Waals surface area contributed by atoms with Crippen LogP contribution in [0.1, 0.15) is 85.3 Å². The average Bonchev–Trinajstić information content (AvgIpc) is 3.48. The summed E-state index contributed by atoms with van der Waals surface area (Å²) in [6.45, 7) is 12.8. The van der Waals surface area contributed by atoms with Gasteiger partial charge < -0.3 is 19.9 Å². The van der Waals surface area contributed by atoms with Gasteiger partial charge in [0, 0.05) is 19.2 Å². The standard InChI is InChI=1S/C34H52N4O5/c1-22(2)29(37(8)33(41)30(23(3)4)35-31(39)27-17-12-13-19-36(27)7)21-24(5)32(40)38-20-14-18-28(38)34(42)43-25(6)26-15-10-9-11-16-26/h9-11,15-16,21-23,25,27-30H,12-14,17-20H2,1-8H3,(H,35,39)/b24-21+/t25-,27?,28+,29-,30+/m1/s1. The van der Waals surface area contributed by atoms with Crippen LogP contribution in [0.3, 0.4) is 0 Å². The lowest BCUT2D eigenvalue weighted by atomic mass is 9.96. The molecule has 1 aromatic rings. The Labute approximate surface area is 258 Å². The summed E-state index contributed by atoms with van der Waals surface area (Å²) in [5, 5.41) is 3.04. The summed E-state index contributed by atoms with van der Waals surface area (Å²) in [6, 6.07) is 7.61. The van der Waals surface area contributed by atoms with Crippen LogP contribution in [0.4, 0.5) is 0 Å². The Morgan fingerprint density at radius 1 is 0.930 bits per heavy atom. The summed E-state index contributed by atoms with van der Waals surface area (Å²) in [4.78, 5) is 59.1. The van der Waals surface area contributed by atoms with E-state index in [1.165, 1.54) is 0 Å². The van der Waals surface area contributed by atoms with Gasteiger partial charge in [0.25, 0.3) is 0 Å². The second-order valence-corrected chi connectivity index (χ2v) is 12.9. The number of hydrogen-bond donors (Lipinski definition) is 1. The minimum Gasteiger partial charge on any atom is -0.456 e. The molecule has 0 aliphatic carbocycles. The van der Waals surface area contributed by atoms with Crippen LogP contribution in [-0.2, 0) is 23.9 Å². The van der Waals surface area contributed by atoms with Crippen LogP contribution in [0, 0.1) is 11.8 Å². The number of piperidine rings is 1. The first kappa shape index (κ1) is 34.3. The van der Waals surface area contributed by atoms with Crippen molar-refractivity contribution in [2.24, 2.45) is 11.8 Å². The fourth-order valence-corrected chi connectivity index (χ4v) is 6.14.